The Hall–Kier alpha value is -3.34. The van der Waals surface area contributed by atoms with Gasteiger partial charge in [0.05, 0.1) is 13.2 Å². The molecule has 0 aliphatic rings. The van der Waals surface area contributed by atoms with Crippen LogP contribution >= 0.6 is 0 Å². The summed E-state index contributed by atoms with van der Waals surface area (Å²) >= 11 is 0. The molecule has 0 saturated heterocycles. The molecule has 1 aromatic carbocycles. The normalized spacial score (nSPS) is 12.0. The number of hydrogen-bond donors (Lipinski definition) is 2. The Balaban J connectivity index is 1.83. The maximum absolute atomic E-state index is 5.39. The van der Waals surface area contributed by atoms with E-state index in [9.17, 15) is 0 Å². The zero-order chi connectivity index (χ0) is 17.1. The van der Waals surface area contributed by atoms with Gasteiger partial charge in [0.25, 0.3) is 0 Å². The number of rotatable bonds is 5. The molecule has 1 atom stereocenters. The molecule has 5 nitrogen and oxygen atoms in total. The average Bonchev–Trinajstić information content (AvgIpc) is 3.10. The van der Waals surface area contributed by atoms with Crippen molar-refractivity contribution in [3.05, 3.63) is 84.4 Å². The van der Waals surface area contributed by atoms with Crippen molar-refractivity contribution >= 4 is 16.7 Å². The fraction of sp³-hybridized carbons (Fsp3) is 0.100. The Bertz CT molecular complexity index is 967. The SMILES string of the molecule is COc1ccc2[nH]cc(C(Nc3ccccn3)c3cccnc3)c2c1. The van der Waals surface area contributed by atoms with Gasteiger partial charge < -0.3 is 15.0 Å². The Morgan fingerprint density at radius 3 is 2.80 bits per heavy atom. The first-order valence-corrected chi connectivity index (χ1v) is 8.07. The van der Waals surface area contributed by atoms with Crippen molar-refractivity contribution in [1.82, 2.24) is 15.0 Å². The zero-order valence-electron chi connectivity index (χ0n) is 13.8. The fourth-order valence-corrected chi connectivity index (χ4v) is 2.97. The largest absolute Gasteiger partial charge is 0.497 e. The van der Waals surface area contributed by atoms with E-state index >= 15 is 0 Å². The number of nitrogens with zero attached hydrogens (tertiary/aromatic N) is 2. The summed E-state index contributed by atoms with van der Waals surface area (Å²) in [6, 6.07) is 15.8. The third-order valence-corrected chi connectivity index (χ3v) is 4.21. The topological polar surface area (TPSA) is 62.8 Å². The minimum Gasteiger partial charge on any atom is -0.497 e. The number of pyridine rings is 2. The van der Waals surface area contributed by atoms with Gasteiger partial charge in [0.15, 0.2) is 0 Å². The quantitative estimate of drug-likeness (QED) is 0.576. The average molecular weight is 330 g/mol. The van der Waals surface area contributed by atoms with Gasteiger partial charge in [0.1, 0.15) is 11.6 Å². The van der Waals surface area contributed by atoms with E-state index < -0.39 is 0 Å². The number of aromatic nitrogens is 3. The highest BCUT2D eigenvalue weighted by atomic mass is 16.5. The lowest BCUT2D eigenvalue weighted by Crippen LogP contribution is -2.13. The second-order valence-corrected chi connectivity index (χ2v) is 5.73. The van der Waals surface area contributed by atoms with E-state index in [1.54, 1.807) is 19.5 Å². The number of benzene rings is 1. The highest BCUT2D eigenvalue weighted by Gasteiger charge is 2.19. The molecular formula is C20H18N4O. The van der Waals surface area contributed by atoms with Crippen LogP contribution in [0.4, 0.5) is 5.82 Å². The van der Waals surface area contributed by atoms with Crippen LogP contribution in [0.2, 0.25) is 0 Å². The number of methoxy groups -OCH3 is 1. The van der Waals surface area contributed by atoms with Crippen molar-refractivity contribution in [1.29, 1.82) is 0 Å². The van der Waals surface area contributed by atoms with Crippen LogP contribution in [0.5, 0.6) is 5.75 Å². The summed E-state index contributed by atoms with van der Waals surface area (Å²) in [4.78, 5) is 12.0. The van der Waals surface area contributed by atoms with E-state index in [0.717, 1.165) is 33.6 Å². The van der Waals surface area contributed by atoms with Crippen LogP contribution in [-0.2, 0) is 0 Å². The lowest BCUT2D eigenvalue weighted by molar-refractivity contribution is 0.415. The molecule has 4 rings (SSSR count). The Labute approximate surface area is 145 Å². The van der Waals surface area contributed by atoms with E-state index in [4.69, 9.17) is 4.74 Å². The number of nitrogens with one attached hydrogen (secondary N) is 2. The van der Waals surface area contributed by atoms with Gasteiger partial charge in [0.2, 0.25) is 0 Å². The minimum atomic E-state index is -0.0792. The maximum atomic E-state index is 5.39. The van der Waals surface area contributed by atoms with Crippen LogP contribution < -0.4 is 10.1 Å². The van der Waals surface area contributed by atoms with Crippen LogP contribution in [0.15, 0.2) is 73.3 Å². The minimum absolute atomic E-state index is 0.0792. The molecule has 1 unspecified atom stereocenters. The molecular weight excluding hydrogens is 312 g/mol. The molecule has 0 radical (unpaired) electrons. The predicted molar refractivity (Wildman–Crippen MR) is 98.8 cm³/mol. The second-order valence-electron chi connectivity index (χ2n) is 5.73. The first kappa shape index (κ1) is 15.2. The van der Waals surface area contributed by atoms with Crippen molar-refractivity contribution in [2.24, 2.45) is 0 Å². The van der Waals surface area contributed by atoms with Gasteiger partial charge in [-0.25, -0.2) is 4.98 Å². The van der Waals surface area contributed by atoms with Crippen LogP contribution in [0.3, 0.4) is 0 Å². The molecule has 2 N–H and O–H groups in total. The Morgan fingerprint density at radius 2 is 2.04 bits per heavy atom. The van der Waals surface area contributed by atoms with E-state index in [1.165, 1.54) is 0 Å². The number of anilines is 1. The molecule has 0 fully saturated rings. The first-order chi connectivity index (χ1) is 12.3. The molecule has 5 heteroatoms. The van der Waals surface area contributed by atoms with Gasteiger partial charge in [0, 0.05) is 41.3 Å². The summed E-state index contributed by atoms with van der Waals surface area (Å²) in [7, 11) is 1.68. The molecule has 0 spiro atoms. The van der Waals surface area contributed by atoms with Gasteiger partial charge >= 0.3 is 0 Å². The summed E-state index contributed by atoms with van der Waals surface area (Å²) in [6.45, 7) is 0. The monoisotopic (exact) mass is 330 g/mol. The van der Waals surface area contributed by atoms with Gasteiger partial charge in [-0.2, -0.15) is 0 Å². The standard InChI is InChI=1S/C20H18N4O/c1-25-15-7-8-18-16(11-15)17(13-23-18)20(14-5-4-9-21-12-14)24-19-6-2-3-10-22-19/h2-13,20,23H,1H3,(H,22,24). The van der Waals surface area contributed by atoms with Gasteiger partial charge in [-0.3, -0.25) is 4.98 Å². The zero-order valence-corrected chi connectivity index (χ0v) is 13.8. The van der Waals surface area contributed by atoms with Crippen molar-refractivity contribution < 1.29 is 4.74 Å². The highest BCUT2D eigenvalue weighted by molar-refractivity contribution is 5.86. The number of aromatic amines is 1. The lowest BCUT2D eigenvalue weighted by atomic mass is 9.99. The molecule has 25 heavy (non-hydrogen) atoms. The Kier molecular flexibility index (Phi) is 4.04. The molecule has 3 aromatic heterocycles. The van der Waals surface area contributed by atoms with E-state index in [1.807, 2.05) is 54.9 Å². The van der Waals surface area contributed by atoms with E-state index in [0.29, 0.717) is 0 Å². The fourth-order valence-electron chi connectivity index (χ4n) is 2.97. The van der Waals surface area contributed by atoms with Crippen LogP contribution in [0.25, 0.3) is 10.9 Å². The molecule has 124 valence electrons. The summed E-state index contributed by atoms with van der Waals surface area (Å²) < 4.78 is 5.39. The highest BCUT2D eigenvalue weighted by Crippen LogP contribution is 2.33. The summed E-state index contributed by atoms with van der Waals surface area (Å²) in [5.41, 5.74) is 3.25. The molecule has 3 heterocycles. The van der Waals surface area contributed by atoms with Gasteiger partial charge in [-0.1, -0.05) is 12.1 Å². The molecule has 0 amide bonds. The number of hydrogen-bond acceptors (Lipinski definition) is 4. The first-order valence-electron chi connectivity index (χ1n) is 8.07. The number of fused-ring (bicyclic) bond motifs is 1. The van der Waals surface area contributed by atoms with Gasteiger partial charge in [-0.05, 0) is 42.0 Å². The number of ether oxygens (including phenoxy) is 1. The maximum Gasteiger partial charge on any atom is 0.126 e. The van der Waals surface area contributed by atoms with Crippen molar-refractivity contribution in [2.75, 3.05) is 12.4 Å². The summed E-state index contributed by atoms with van der Waals surface area (Å²) in [5.74, 6) is 1.64. The third kappa shape index (κ3) is 3.04. The molecule has 4 aromatic rings. The van der Waals surface area contributed by atoms with Crippen LogP contribution in [0.1, 0.15) is 17.2 Å². The van der Waals surface area contributed by atoms with Crippen molar-refractivity contribution in [3.8, 4) is 5.75 Å². The Morgan fingerprint density at radius 1 is 1.08 bits per heavy atom. The smallest absolute Gasteiger partial charge is 0.126 e. The molecule has 0 aliphatic carbocycles. The molecule has 0 bridgehead atoms. The summed E-state index contributed by atoms with van der Waals surface area (Å²) in [6.07, 6.45) is 7.46. The van der Waals surface area contributed by atoms with E-state index in [-0.39, 0.29) is 6.04 Å². The third-order valence-electron chi connectivity index (χ3n) is 4.21. The van der Waals surface area contributed by atoms with Crippen LogP contribution in [0, 0.1) is 0 Å². The second kappa shape index (κ2) is 6.65. The molecule has 0 aliphatic heterocycles. The summed E-state index contributed by atoms with van der Waals surface area (Å²) in [5, 5.41) is 4.62. The van der Waals surface area contributed by atoms with Crippen LogP contribution in [-0.4, -0.2) is 22.1 Å². The van der Waals surface area contributed by atoms with E-state index in [2.05, 4.69) is 26.3 Å². The number of H-pyrrole nitrogens is 1. The van der Waals surface area contributed by atoms with Crippen molar-refractivity contribution in [2.45, 2.75) is 6.04 Å². The predicted octanol–water partition coefficient (Wildman–Crippen LogP) is 4.17. The molecule has 0 saturated carbocycles. The van der Waals surface area contributed by atoms with Gasteiger partial charge in [-0.15, -0.1) is 0 Å². The lowest BCUT2D eigenvalue weighted by Gasteiger charge is -2.19. The van der Waals surface area contributed by atoms with Crippen molar-refractivity contribution in [3.63, 3.8) is 0 Å².